The second-order valence-corrected chi connectivity index (χ2v) is 10.6. The second kappa shape index (κ2) is 29.0. The highest BCUT2D eigenvalue weighted by molar-refractivity contribution is 5.77. The van der Waals surface area contributed by atoms with Crippen molar-refractivity contribution in [2.24, 2.45) is 35.2 Å². The molecular weight excluding hydrogens is 639 g/mol. The monoisotopic (exact) mass is 704 g/mol. The molecule has 1 saturated carbocycles. The number of aliphatic imine (C=N–C) groups is 1. The number of hydrogen-bond acceptors (Lipinski definition) is 10. The number of hydrogen-bond donors (Lipinski definition) is 5. The minimum absolute atomic E-state index is 0. The molecule has 49 heavy (non-hydrogen) atoms. The molecule has 1 aromatic rings. The molecule has 284 valence electrons. The van der Waals surface area contributed by atoms with Gasteiger partial charge in [0.05, 0.1) is 38.0 Å². The number of alkyl halides is 3. The van der Waals surface area contributed by atoms with Gasteiger partial charge in [0.25, 0.3) is 0 Å². The molecule has 2 heterocycles. The number of nitrogens with one attached hydrogen (secondary N) is 1. The molecule has 12 nitrogen and oxygen atoms in total. The minimum Gasteiger partial charge on any atom is -0.483 e. The number of rotatable bonds is 11. The third-order valence-corrected chi connectivity index (χ3v) is 7.18. The van der Waals surface area contributed by atoms with E-state index in [1.165, 1.54) is 24.6 Å². The quantitative estimate of drug-likeness (QED) is 0.149. The van der Waals surface area contributed by atoms with Crippen LogP contribution in [0.15, 0.2) is 64.0 Å². The first-order valence-corrected chi connectivity index (χ1v) is 16.0. The zero-order chi connectivity index (χ0) is 35.8. The van der Waals surface area contributed by atoms with Crippen molar-refractivity contribution in [1.29, 1.82) is 0 Å². The van der Waals surface area contributed by atoms with E-state index in [0.717, 1.165) is 60.2 Å². The van der Waals surface area contributed by atoms with Crippen LogP contribution in [0.3, 0.4) is 0 Å². The van der Waals surface area contributed by atoms with Crippen LogP contribution in [0.5, 0.6) is 5.88 Å². The van der Waals surface area contributed by atoms with Crippen LogP contribution in [0, 0.1) is 5.92 Å². The molecule has 3 aliphatic rings. The lowest BCUT2D eigenvalue weighted by Crippen LogP contribution is -2.30. The molecule has 0 saturated heterocycles. The molecule has 15 heteroatoms. The summed E-state index contributed by atoms with van der Waals surface area (Å²) in [6.45, 7) is 8.37. The predicted octanol–water partition coefficient (Wildman–Crippen LogP) is 5.34. The van der Waals surface area contributed by atoms with Crippen molar-refractivity contribution in [2.75, 3.05) is 48.0 Å². The average molecular weight is 704 g/mol. The van der Waals surface area contributed by atoms with Gasteiger partial charge in [0.15, 0.2) is 5.88 Å². The SMILES string of the molecule is CC.CN=C/C(C)=C\N.CO/C(=C/CCF)NC1=CCC(CN2CCC(C)=C2N)C=C1.COc1c(CN)c(C2CC2)nn1C.FCF.N.O. The molecule has 0 aromatic carbocycles. The number of nitrogens with zero attached hydrogens (tertiary/aromatic N) is 4. The number of allylic oxidation sites excluding steroid dienone is 4. The van der Waals surface area contributed by atoms with E-state index >= 15 is 0 Å². The summed E-state index contributed by atoms with van der Waals surface area (Å²) < 4.78 is 43.7. The van der Waals surface area contributed by atoms with Crippen molar-refractivity contribution in [1.82, 2.24) is 26.1 Å². The van der Waals surface area contributed by atoms with Crippen LogP contribution in [0.4, 0.5) is 13.2 Å². The summed E-state index contributed by atoms with van der Waals surface area (Å²) >= 11 is 0. The lowest BCUT2D eigenvalue weighted by Gasteiger charge is -2.25. The molecule has 0 amide bonds. The second-order valence-electron chi connectivity index (χ2n) is 10.6. The Morgan fingerprint density at radius 2 is 1.84 bits per heavy atom. The molecule has 12 N–H and O–H groups in total. The summed E-state index contributed by atoms with van der Waals surface area (Å²) in [6, 6.07) is 0. The van der Waals surface area contributed by atoms with Crippen molar-refractivity contribution in [2.45, 2.75) is 72.3 Å². The van der Waals surface area contributed by atoms with Crippen molar-refractivity contribution >= 4 is 6.21 Å². The van der Waals surface area contributed by atoms with E-state index in [1.54, 1.807) is 38.2 Å². The predicted molar refractivity (Wildman–Crippen MR) is 196 cm³/mol. The van der Waals surface area contributed by atoms with Crippen LogP contribution < -0.4 is 33.4 Å². The van der Waals surface area contributed by atoms with Crippen LogP contribution in [0.2, 0.25) is 0 Å². The van der Waals surface area contributed by atoms with Gasteiger partial charge in [-0.05, 0) is 81.4 Å². The van der Waals surface area contributed by atoms with Crippen molar-refractivity contribution in [3.8, 4) is 5.88 Å². The normalized spacial score (nSPS) is 16.6. The molecule has 1 atom stereocenters. The molecule has 1 fully saturated rings. The highest BCUT2D eigenvalue weighted by Crippen LogP contribution is 2.42. The van der Waals surface area contributed by atoms with E-state index in [4.69, 9.17) is 26.7 Å². The molecule has 0 radical (unpaired) electrons. The van der Waals surface area contributed by atoms with Gasteiger partial charge < -0.3 is 48.5 Å². The van der Waals surface area contributed by atoms with E-state index in [1.807, 2.05) is 27.8 Å². The average Bonchev–Trinajstić information content (AvgIpc) is 3.82. The Kier molecular flexibility index (Phi) is 29.3. The Bertz CT molecular complexity index is 1210. The molecule has 2 aliphatic carbocycles. The van der Waals surface area contributed by atoms with E-state index in [9.17, 15) is 13.2 Å². The minimum atomic E-state index is -1.75. The fraction of sp³-hybridized carbons (Fsp3) is 0.588. The van der Waals surface area contributed by atoms with Gasteiger partial charge in [-0.1, -0.05) is 26.0 Å². The van der Waals surface area contributed by atoms with Gasteiger partial charge in [0.2, 0.25) is 12.8 Å². The topological polar surface area (TPSA) is 208 Å². The first-order valence-electron chi connectivity index (χ1n) is 16.0. The van der Waals surface area contributed by atoms with Crippen LogP contribution >= 0.6 is 0 Å². The van der Waals surface area contributed by atoms with Crippen LogP contribution in [-0.2, 0) is 18.3 Å². The number of aromatic nitrogens is 2. The van der Waals surface area contributed by atoms with Gasteiger partial charge >= 0.3 is 0 Å². The molecule has 1 aromatic heterocycles. The fourth-order valence-electron chi connectivity index (χ4n) is 4.65. The summed E-state index contributed by atoms with van der Waals surface area (Å²) in [5.74, 6) is 3.44. The van der Waals surface area contributed by atoms with Gasteiger partial charge in [-0.25, -0.2) is 13.5 Å². The fourth-order valence-corrected chi connectivity index (χ4v) is 4.65. The summed E-state index contributed by atoms with van der Waals surface area (Å²) in [5.41, 5.74) is 22.4. The Labute approximate surface area is 291 Å². The van der Waals surface area contributed by atoms with E-state index in [0.29, 0.717) is 30.7 Å². The lowest BCUT2D eigenvalue weighted by molar-refractivity contribution is 0.267. The van der Waals surface area contributed by atoms with E-state index in [2.05, 4.69) is 45.5 Å². The van der Waals surface area contributed by atoms with Crippen LogP contribution in [0.25, 0.3) is 0 Å². The summed E-state index contributed by atoms with van der Waals surface area (Å²) in [6.07, 6.45) is 16.2. The Morgan fingerprint density at radius 3 is 2.22 bits per heavy atom. The lowest BCUT2D eigenvalue weighted by atomic mass is 9.99. The highest BCUT2D eigenvalue weighted by atomic mass is 19.3. The largest absolute Gasteiger partial charge is 0.483 e. The maximum atomic E-state index is 12.2. The van der Waals surface area contributed by atoms with Crippen molar-refractivity contribution < 1.29 is 28.1 Å². The molecule has 4 rings (SSSR count). The van der Waals surface area contributed by atoms with E-state index < -0.39 is 6.93 Å². The summed E-state index contributed by atoms with van der Waals surface area (Å²) in [7, 11) is 6.85. The van der Waals surface area contributed by atoms with E-state index in [-0.39, 0.29) is 18.3 Å². The third-order valence-electron chi connectivity index (χ3n) is 7.18. The van der Waals surface area contributed by atoms with Gasteiger partial charge in [-0.15, -0.1) is 0 Å². The molecule has 1 unspecified atom stereocenters. The molecule has 0 bridgehead atoms. The summed E-state index contributed by atoms with van der Waals surface area (Å²) in [4.78, 5) is 6.00. The Morgan fingerprint density at radius 1 is 1.20 bits per heavy atom. The molecular formula is C34H64F3N9O3. The highest BCUT2D eigenvalue weighted by Gasteiger charge is 2.31. The number of nitrogens with two attached hydrogens (primary N) is 3. The number of methoxy groups -OCH3 is 2. The van der Waals surface area contributed by atoms with Crippen molar-refractivity contribution in [3.63, 3.8) is 0 Å². The van der Waals surface area contributed by atoms with Gasteiger partial charge in [0.1, 0.15) is 0 Å². The third kappa shape index (κ3) is 18.4. The Hall–Kier alpha value is -3.95. The zero-order valence-electron chi connectivity index (χ0n) is 30.9. The van der Waals surface area contributed by atoms with Crippen molar-refractivity contribution in [3.05, 3.63) is 70.3 Å². The standard InChI is InChI=1S/C17H26FN3O.C9H15N3O.C5H10N2.C2H6.CH2F2.H3N.H2O/c1-13-9-11-21(17(13)19)12-14-5-7-15(8-6-14)20-16(22-2)4-3-10-18;1-12-9(13-2)7(5-10)8(11-12)6-3-4-6;1-5(3-6)4-7-2;1-2;2-1-3;;/h4-5,7-8,14,20H,3,6,9-12,19H2,1-2H3;6H,3-5,10H2,1-2H3;3-4H,6H2,1-2H3;1-2H3;1H2;1H3;1H2/b16-4+;;5-3-,7-4?;;;;. The summed E-state index contributed by atoms with van der Waals surface area (Å²) in [5, 5.41) is 7.60. The first-order chi connectivity index (χ1) is 22.6. The maximum Gasteiger partial charge on any atom is 0.229 e. The maximum absolute atomic E-state index is 12.2. The first kappa shape index (κ1) is 49.4. The van der Waals surface area contributed by atoms with Crippen LogP contribution in [-0.4, -0.2) is 74.3 Å². The Balaban J connectivity index is -0.000000666. The molecule has 0 spiro atoms. The number of ether oxygens (including phenoxy) is 2. The zero-order valence-corrected chi connectivity index (χ0v) is 30.9. The van der Waals surface area contributed by atoms with Gasteiger partial charge in [0, 0.05) is 51.6 Å². The van der Waals surface area contributed by atoms with Gasteiger partial charge in [-0.2, -0.15) is 5.10 Å². The smallest absolute Gasteiger partial charge is 0.229 e. The number of aryl methyl sites for hydroxylation is 1. The molecule has 1 aliphatic heterocycles. The number of halogens is 3. The van der Waals surface area contributed by atoms with Crippen LogP contribution in [0.1, 0.15) is 77.0 Å². The van der Waals surface area contributed by atoms with Gasteiger partial charge in [-0.3, -0.25) is 9.38 Å².